The Morgan fingerprint density at radius 2 is 2.20 bits per heavy atom. The minimum absolute atomic E-state index is 1.15. The topological polar surface area (TPSA) is 12.0 Å². The second-order valence-electron chi connectivity index (χ2n) is 2.20. The zero-order valence-corrected chi connectivity index (χ0v) is 7.15. The van der Waals surface area contributed by atoms with E-state index in [0.717, 1.165) is 6.42 Å². The van der Waals surface area contributed by atoms with E-state index >= 15 is 0 Å². The van der Waals surface area contributed by atoms with E-state index in [1.54, 1.807) is 0 Å². The molecule has 1 heteroatoms. The van der Waals surface area contributed by atoms with E-state index in [0.29, 0.717) is 0 Å². The van der Waals surface area contributed by atoms with Gasteiger partial charge in [0.05, 0.1) is 0 Å². The van der Waals surface area contributed by atoms with Crippen molar-refractivity contribution in [3.63, 3.8) is 0 Å². The van der Waals surface area contributed by atoms with Crippen molar-refractivity contribution in [1.29, 1.82) is 0 Å². The molecule has 58 valence electrons. The minimum atomic E-state index is 1.15. The quantitative estimate of drug-likeness (QED) is 0.590. The number of hydrogen-bond donors (Lipinski definition) is 1. The first-order valence-corrected chi connectivity index (χ1v) is 3.85. The van der Waals surface area contributed by atoms with Gasteiger partial charge in [0.2, 0.25) is 0 Å². The number of allylic oxidation sites excluding steroid dienone is 3. The molecular formula is C9H17N. The van der Waals surface area contributed by atoms with E-state index in [2.05, 4.69) is 24.4 Å². The van der Waals surface area contributed by atoms with Gasteiger partial charge in [-0.1, -0.05) is 25.5 Å². The predicted octanol–water partition coefficient (Wildman–Crippen LogP) is 2.47. The third-order valence-corrected chi connectivity index (χ3v) is 1.29. The molecule has 0 heterocycles. The molecule has 1 N–H and O–H groups in total. The molecule has 0 aliphatic carbocycles. The summed E-state index contributed by atoms with van der Waals surface area (Å²) in [5.74, 6) is 0. The lowest BCUT2D eigenvalue weighted by molar-refractivity contribution is 0.924. The molecule has 0 saturated heterocycles. The monoisotopic (exact) mass is 139 g/mol. The van der Waals surface area contributed by atoms with Crippen LogP contribution in [0.1, 0.15) is 26.7 Å². The molecule has 0 bridgehead atoms. The molecule has 0 aliphatic heterocycles. The van der Waals surface area contributed by atoms with Crippen LogP contribution in [-0.4, -0.2) is 7.05 Å². The zero-order valence-electron chi connectivity index (χ0n) is 7.15. The van der Waals surface area contributed by atoms with Gasteiger partial charge in [0.25, 0.3) is 0 Å². The Hall–Kier alpha value is -0.720. The Labute approximate surface area is 63.8 Å². The molecular weight excluding hydrogens is 122 g/mol. The van der Waals surface area contributed by atoms with E-state index in [-0.39, 0.29) is 0 Å². The van der Waals surface area contributed by atoms with Crippen molar-refractivity contribution in [3.8, 4) is 0 Å². The van der Waals surface area contributed by atoms with Crippen molar-refractivity contribution in [1.82, 2.24) is 5.32 Å². The van der Waals surface area contributed by atoms with Crippen molar-refractivity contribution in [2.24, 2.45) is 0 Å². The summed E-state index contributed by atoms with van der Waals surface area (Å²) in [6.07, 6.45) is 8.69. The molecule has 0 amide bonds. The lowest BCUT2D eigenvalue weighted by Crippen LogP contribution is -2.02. The third kappa shape index (κ3) is 4.19. The van der Waals surface area contributed by atoms with Gasteiger partial charge in [-0.2, -0.15) is 0 Å². The molecule has 0 aromatic carbocycles. The maximum absolute atomic E-state index is 3.11. The van der Waals surface area contributed by atoms with Gasteiger partial charge in [-0.25, -0.2) is 0 Å². The molecule has 0 saturated carbocycles. The van der Waals surface area contributed by atoms with Crippen molar-refractivity contribution in [3.05, 3.63) is 23.9 Å². The van der Waals surface area contributed by atoms with Crippen molar-refractivity contribution in [2.45, 2.75) is 26.7 Å². The number of hydrogen-bond acceptors (Lipinski definition) is 1. The Kier molecular flexibility index (Phi) is 5.94. The van der Waals surface area contributed by atoms with Crippen LogP contribution in [0.15, 0.2) is 23.9 Å². The first kappa shape index (κ1) is 9.28. The number of likely N-dealkylation sites (N-methyl/N-ethyl adjacent to an activating group) is 1. The molecule has 0 spiro atoms. The van der Waals surface area contributed by atoms with Crippen LogP contribution in [0, 0.1) is 0 Å². The molecule has 0 unspecified atom stereocenters. The smallest absolute Gasteiger partial charge is 0.0293 e. The lowest BCUT2D eigenvalue weighted by Gasteiger charge is -1.98. The fourth-order valence-corrected chi connectivity index (χ4v) is 0.733. The molecule has 1 nitrogen and oxygen atoms in total. The van der Waals surface area contributed by atoms with E-state index < -0.39 is 0 Å². The summed E-state index contributed by atoms with van der Waals surface area (Å²) in [6.45, 7) is 4.20. The summed E-state index contributed by atoms with van der Waals surface area (Å²) in [7, 11) is 1.95. The first-order chi connectivity index (χ1) is 4.85. The molecule has 0 atom stereocenters. The summed E-state index contributed by atoms with van der Waals surface area (Å²) >= 11 is 0. The van der Waals surface area contributed by atoms with Crippen LogP contribution in [0.2, 0.25) is 0 Å². The molecule has 0 aromatic rings. The Balaban J connectivity index is 3.78. The van der Waals surface area contributed by atoms with Gasteiger partial charge >= 0.3 is 0 Å². The van der Waals surface area contributed by atoms with Crippen molar-refractivity contribution in [2.75, 3.05) is 7.05 Å². The fraction of sp³-hybridized carbons (Fsp3) is 0.556. The van der Waals surface area contributed by atoms with Crippen molar-refractivity contribution < 1.29 is 0 Å². The summed E-state index contributed by atoms with van der Waals surface area (Å²) in [4.78, 5) is 0. The van der Waals surface area contributed by atoms with Crippen LogP contribution < -0.4 is 5.32 Å². The fourth-order valence-electron chi connectivity index (χ4n) is 0.733. The molecule has 0 rings (SSSR count). The molecule has 0 aliphatic rings. The van der Waals surface area contributed by atoms with E-state index in [4.69, 9.17) is 0 Å². The first-order valence-electron chi connectivity index (χ1n) is 3.85. The number of rotatable bonds is 4. The molecule has 0 radical (unpaired) electrons. The number of nitrogens with one attached hydrogen (secondary N) is 1. The van der Waals surface area contributed by atoms with Crippen LogP contribution in [0.3, 0.4) is 0 Å². The maximum Gasteiger partial charge on any atom is 0.0293 e. The van der Waals surface area contributed by atoms with Gasteiger partial charge in [0.15, 0.2) is 0 Å². The average Bonchev–Trinajstić information content (AvgIpc) is 1.98. The lowest BCUT2D eigenvalue weighted by atomic mass is 10.2. The summed E-state index contributed by atoms with van der Waals surface area (Å²) < 4.78 is 0. The highest BCUT2D eigenvalue weighted by Gasteiger charge is 1.82. The highest BCUT2D eigenvalue weighted by molar-refractivity contribution is 5.15. The molecule has 0 fully saturated rings. The Bertz CT molecular complexity index is 123. The van der Waals surface area contributed by atoms with E-state index in [1.807, 2.05) is 20.0 Å². The summed E-state index contributed by atoms with van der Waals surface area (Å²) in [6, 6.07) is 0. The van der Waals surface area contributed by atoms with E-state index in [9.17, 15) is 0 Å². The van der Waals surface area contributed by atoms with Gasteiger partial charge in [-0.3, -0.25) is 0 Å². The average molecular weight is 139 g/mol. The molecule has 10 heavy (non-hydrogen) atoms. The van der Waals surface area contributed by atoms with Gasteiger partial charge in [0, 0.05) is 12.7 Å². The third-order valence-electron chi connectivity index (χ3n) is 1.29. The van der Waals surface area contributed by atoms with Crippen LogP contribution in [0.25, 0.3) is 0 Å². The van der Waals surface area contributed by atoms with Gasteiger partial charge in [-0.15, -0.1) is 0 Å². The Morgan fingerprint density at radius 1 is 1.50 bits per heavy atom. The standard InChI is InChI=1S/C9H17N/c1-4-6-8-9(10-3)7-5-2/h5,7-8,10H,4,6H2,1-3H3/b7-5-,9-8+. The van der Waals surface area contributed by atoms with Crippen LogP contribution in [-0.2, 0) is 0 Å². The normalized spacial score (nSPS) is 12.5. The van der Waals surface area contributed by atoms with Crippen molar-refractivity contribution >= 4 is 0 Å². The second kappa shape index (κ2) is 6.40. The second-order valence-corrected chi connectivity index (χ2v) is 2.20. The van der Waals surface area contributed by atoms with Crippen LogP contribution in [0.4, 0.5) is 0 Å². The summed E-state index contributed by atoms with van der Waals surface area (Å²) in [5, 5.41) is 3.11. The Morgan fingerprint density at radius 3 is 2.60 bits per heavy atom. The van der Waals surface area contributed by atoms with Crippen LogP contribution >= 0.6 is 0 Å². The zero-order chi connectivity index (χ0) is 7.82. The van der Waals surface area contributed by atoms with E-state index in [1.165, 1.54) is 12.1 Å². The molecule has 0 aromatic heterocycles. The van der Waals surface area contributed by atoms with Crippen LogP contribution in [0.5, 0.6) is 0 Å². The predicted molar refractivity (Wildman–Crippen MR) is 46.9 cm³/mol. The van der Waals surface area contributed by atoms with Gasteiger partial charge in [0.1, 0.15) is 0 Å². The summed E-state index contributed by atoms with van der Waals surface area (Å²) in [5.41, 5.74) is 1.21. The van der Waals surface area contributed by atoms with Gasteiger partial charge < -0.3 is 5.32 Å². The maximum atomic E-state index is 3.11. The highest BCUT2D eigenvalue weighted by Crippen LogP contribution is 1.96. The number of unbranched alkanes of at least 4 members (excludes halogenated alkanes) is 1. The van der Waals surface area contributed by atoms with Gasteiger partial charge in [-0.05, 0) is 19.4 Å². The minimum Gasteiger partial charge on any atom is -0.388 e. The largest absolute Gasteiger partial charge is 0.388 e. The SMILES string of the molecule is C/C=C\C(=C/CCC)NC. The highest BCUT2D eigenvalue weighted by atomic mass is 14.8.